The number of rotatable bonds is 3. The second-order valence-electron chi connectivity index (χ2n) is 4.88. The molecule has 1 aromatic rings. The SMILES string of the molecule is O=C(O)C1(Oc2ccc(F)cn2)C[C@H]2C[C@H]2C1. The zero-order valence-corrected chi connectivity index (χ0v) is 9.10. The lowest BCUT2D eigenvalue weighted by molar-refractivity contribution is -0.156. The number of carboxylic acids is 1. The Morgan fingerprint density at radius 2 is 2.18 bits per heavy atom. The Kier molecular flexibility index (Phi) is 2.11. The van der Waals surface area contributed by atoms with E-state index in [-0.39, 0.29) is 5.88 Å². The normalized spacial score (nSPS) is 34.2. The molecule has 3 atom stereocenters. The van der Waals surface area contributed by atoms with E-state index in [1.165, 1.54) is 12.1 Å². The molecule has 3 rings (SSSR count). The maximum atomic E-state index is 12.7. The van der Waals surface area contributed by atoms with Crippen LogP contribution in [0.25, 0.3) is 0 Å². The van der Waals surface area contributed by atoms with Crippen LogP contribution in [0.5, 0.6) is 5.88 Å². The highest BCUT2D eigenvalue weighted by atomic mass is 19.1. The molecule has 17 heavy (non-hydrogen) atoms. The number of ether oxygens (including phenoxy) is 1. The first-order valence-electron chi connectivity index (χ1n) is 5.63. The average Bonchev–Trinajstić information content (AvgIpc) is 2.90. The van der Waals surface area contributed by atoms with Crippen molar-refractivity contribution in [2.45, 2.75) is 24.9 Å². The van der Waals surface area contributed by atoms with E-state index in [0.717, 1.165) is 12.6 Å². The van der Waals surface area contributed by atoms with Crippen molar-refractivity contribution in [2.75, 3.05) is 0 Å². The lowest BCUT2D eigenvalue weighted by Gasteiger charge is -2.26. The van der Waals surface area contributed by atoms with Crippen molar-refractivity contribution >= 4 is 5.97 Å². The van der Waals surface area contributed by atoms with Crippen molar-refractivity contribution < 1.29 is 19.0 Å². The summed E-state index contributed by atoms with van der Waals surface area (Å²) < 4.78 is 18.2. The number of halogens is 1. The third kappa shape index (κ3) is 1.75. The molecule has 2 saturated carbocycles. The molecule has 0 spiro atoms. The van der Waals surface area contributed by atoms with Crippen molar-refractivity contribution in [2.24, 2.45) is 11.8 Å². The number of hydrogen-bond acceptors (Lipinski definition) is 3. The van der Waals surface area contributed by atoms with Gasteiger partial charge in [0, 0.05) is 18.9 Å². The number of carbonyl (C=O) groups is 1. The maximum absolute atomic E-state index is 12.7. The molecule has 1 aromatic heterocycles. The number of fused-ring (bicyclic) bond motifs is 1. The smallest absolute Gasteiger partial charge is 0.348 e. The van der Waals surface area contributed by atoms with Gasteiger partial charge in [-0.15, -0.1) is 0 Å². The minimum absolute atomic E-state index is 0.176. The van der Waals surface area contributed by atoms with Gasteiger partial charge in [-0.1, -0.05) is 0 Å². The van der Waals surface area contributed by atoms with Crippen LogP contribution in [0.4, 0.5) is 4.39 Å². The van der Waals surface area contributed by atoms with Crippen LogP contribution in [-0.4, -0.2) is 21.7 Å². The van der Waals surface area contributed by atoms with Crippen molar-refractivity contribution in [1.82, 2.24) is 4.98 Å². The molecule has 90 valence electrons. The Labute approximate surface area is 97.4 Å². The summed E-state index contributed by atoms with van der Waals surface area (Å²) in [5.41, 5.74) is -1.15. The Morgan fingerprint density at radius 1 is 1.47 bits per heavy atom. The molecule has 4 nitrogen and oxygen atoms in total. The van der Waals surface area contributed by atoms with Gasteiger partial charge in [0.15, 0.2) is 0 Å². The summed E-state index contributed by atoms with van der Waals surface area (Å²) in [5, 5.41) is 9.29. The summed E-state index contributed by atoms with van der Waals surface area (Å²) in [5.74, 6) is -0.278. The Bertz CT molecular complexity index is 449. The lowest BCUT2D eigenvalue weighted by atomic mass is 9.98. The summed E-state index contributed by atoms with van der Waals surface area (Å²) in [6.07, 6.45) is 3.20. The van der Waals surface area contributed by atoms with E-state index in [2.05, 4.69) is 4.98 Å². The minimum atomic E-state index is -1.15. The van der Waals surface area contributed by atoms with Gasteiger partial charge in [0.1, 0.15) is 5.82 Å². The first-order chi connectivity index (χ1) is 8.09. The first-order valence-corrected chi connectivity index (χ1v) is 5.63. The predicted molar refractivity (Wildman–Crippen MR) is 56.0 cm³/mol. The quantitative estimate of drug-likeness (QED) is 0.871. The molecule has 1 unspecified atom stereocenters. The van der Waals surface area contributed by atoms with Gasteiger partial charge in [-0.25, -0.2) is 14.2 Å². The lowest BCUT2D eigenvalue weighted by Crippen LogP contribution is -2.43. The molecule has 1 N–H and O–H groups in total. The van der Waals surface area contributed by atoms with Crippen molar-refractivity contribution in [3.63, 3.8) is 0 Å². The highest BCUT2D eigenvalue weighted by Crippen LogP contribution is 2.57. The summed E-state index contributed by atoms with van der Waals surface area (Å²) in [4.78, 5) is 15.1. The minimum Gasteiger partial charge on any atom is -0.478 e. The van der Waals surface area contributed by atoms with Crippen LogP contribution in [0.3, 0.4) is 0 Å². The number of pyridine rings is 1. The molecule has 0 saturated heterocycles. The van der Waals surface area contributed by atoms with E-state index in [4.69, 9.17) is 4.74 Å². The molecule has 0 bridgehead atoms. The molecule has 0 amide bonds. The molecule has 2 aliphatic carbocycles. The predicted octanol–water partition coefficient (Wildman–Crippen LogP) is 1.85. The van der Waals surface area contributed by atoms with Gasteiger partial charge in [-0.2, -0.15) is 0 Å². The molecular formula is C12H12FNO3. The zero-order chi connectivity index (χ0) is 12.0. The van der Waals surface area contributed by atoms with Crippen molar-refractivity contribution in [3.8, 4) is 5.88 Å². The third-order valence-electron chi connectivity index (χ3n) is 3.64. The second-order valence-corrected chi connectivity index (χ2v) is 4.88. The topological polar surface area (TPSA) is 59.4 Å². The summed E-state index contributed by atoms with van der Waals surface area (Å²) in [6, 6.07) is 2.58. The fraction of sp³-hybridized carbons (Fsp3) is 0.500. The van der Waals surface area contributed by atoms with Crippen LogP contribution in [0.2, 0.25) is 0 Å². The van der Waals surface area contributed by atoms with Gasteiger partial charge in [0.05, 0.1) is 6.20 Å². The number of hydrogen-bond donors (Lipinski definition) is 1. The standard InChI is InChI=1S/C12H12FNO3/c13-9-1-2-10(14-6-9)17-12(11(15)16)4-7-3-8(7)5-12/h1-2,6-8H,3-5H2,(H,15,16)/t7-,8+,12?. The highest BCUT2D eigenvalue weighted by molar-refractivity contribution is 5.78. The Morgan fingerprint density at radius 3 is 2.71 bits per heavy atom. The molecule has 2 aliphatic rings. The Hall–Kier alpha value is -1.65. The highest BCUT2D eigenvalue weighted by Gasteiger charge is 2.59. The van der Waals surface area contributed by atoms with Gasteiger partial charge >= 0.3 is 5.97 Å². The summed E-state index contributed by atoms with van der Waals surface area (Å²) >= 11 is 0. The third-order valence-corrected chi connectivity index (χ3v) is 3.64. The Balaban J connectivity index is 1.81. The average molecular weight is 237 g/mol. The number of nitrogens with zero attached hydrogens (tertiary/aromatic N) is 1. The first kappa shape index (κ1) is 10.5. The number of aromatic nitrogens is 1. The second kappa shape index (κ2) is 3.42. The largest absolute Gasteiger partial charge is 0.478 e. The van der Waals surface area contributed by atoms with Crippen molar-refractivity contribution in [1.29, 1.82) is 0 Å². The van der Waals surface area contributed by atoms with Gasteiger partial charge in [-0.3, -0.25) is 0 Å². The van der Waals surface area contributed by atoms with Gasteiger partial charge in [-0.05, 0) is 24.3 Å². The van der Waals surface area contributed by atoms with E-state index in [1.54, 1.807) is 0 Å². The van der Waals surface area contributed by atoms with Crippen LogP contribution in [0.1, 0.15) is 19.3 Å². The van der Waals surface area contributed by atoms with Crippen LogP contribution in [0, 0.1) is 17.7 Å². The molecule has 0 aliphatic heterocycles. The van der Waals surface area contributed by atoms with Crippen molar-refractivity contribution in [3.05, 3.63) is 24.1 Å². The fourth-order valence-corrected chi connectivity index (χ4v) is 2.67. The molecule has 0 aromatic carbocycles. The van der Waals surface area contributed by atoms with E-state index >= 15 is 0 Å². The van der Waals surface area contributed by atoms with Crippen LogP contribution in [-0.2, 0) is 4.79 Å². The molecule has 5 heteroatoms. The monoisotopic (exact) mass is 237 g/mol. The van der Waals surface area contributed by atoms with Gasteiger partial charge < -0.3 is 9.84 Å². The van der Waals surface area contributed by atoms with Gasteiger partial charge in [0.25, 0.3) is 0 Å². The van der Waals surface area contributed by atoms with E-state index in [0.29, 0.717) is 24.7 Å². The molecule has 1 heterocycles. The van der Waals surface area contributed by atoms with Crippen LogP contribution >= 0.6 is 0 Å². The van der Waals surface area contributed by atoms with E-state index in [1.807, 2.05) is 0 Å². The van der Waals surface area contributed by atoms with Gasteiger partial charge in [0.2, 0.25) is 11.5 Å². The van der Waals surface area contributed by atoms with E-state index in [9.17, 15) is 14.3 Å². The zero-order valence-electron chi connectivity index (χ0n) is 9.10. The van der Waals surface area contributed by atoms with E-state index < -0.39 is 17.4 Å². The summed E-state index contributed by atoms with van der Waals surface area (Å²) in [6.45, 7) is 0. The molecular weight excluding hydrogens is 225 g/mol. The molecule has 0 radical (unpaired) electrons. The molecule has 2 fully saturated rings. The fourth-order valence-electron chi connectivity index (χ4n) is 2.67. The summed E-state index contributed by atoms with van der Waals surface area (Å²) in [7, 11) is 0. The van der Waals surface area contributed by atoms with Crippen LogP contribution < -0.4 is 4.74 Å². The number of carboxylic acid groups (broad SMARTS) is 1. The number of aliphatic carboxylic acids is 1. The maximum Gasteiger partial charge on any atom is 0.348 e. The van der Waals surface area contributed by atoms with Crippen LogP contribution in [0.15, 0.2) is 18.3 Å².